The predicted molar refractivity (Wildman–Crippen MR) is 89.0 cm³/mol. The van der Waals surface area contributed by atoms with Gasteiger partial charge in [-0.1, -0.05) is 45.7 Å². The number of rotatable bonds is 5. The fourth-order valence-electron chi connectivity index (χ4n) is 2.35. The normalized spacial score (nSPS) is 12.7. The number of alkyl halides is 1. The maximum absolute atomic E-state index is 6.38. The molecule has 0 amide bonds. The first-order chi connectivity index (χ1) is 9.58. The number of aryl methyl sites for hydroxylation is 2. The smallest absolute Gasteiger partial charge is 0.0847 e. The molecule has 0 radical (unpaired) electrons. The van der Waals surface area contributed by atoms with E-state index >= 15 is 0 Å². The van der Waals surface area contributed by atoms with Crippen LogP contribution < -0.4 is 0 Å². The third-order valence-electron chi connectivity index (χ3n) is 3.42. The molecule has 0 saturated carbocycles. The number of halogens is 3. The molecule has 20 heavy (non-hydrogen) atoms. The average Bonchev–Trinajstić information content (AvgIpc) is 2.73. The summed E-state index contributed by atoms with van der Waals surface area (Å²) in [6, 6.07) is 8.18. The molecule has 0 spiro atoms. The molecule has 0 aliphatic carbocycles. The molecule has 0 bridgehead atoms. The Morgan fingerprint density at radius 1 is 1.35 bits per heavy atom. The molecule has 0 fully saturated rings. The highest BCUT2D eigenvalue weighted by atomic mass is 79.9. The molecule has 2 aromatic rings. The summed E-state index contributed by atoms with van der Waals surface area (Å²) in [5.74, 6) is 0.763. The van der Waals surface area contributed by atoms with E-state index in [1.54, 1.807) is 0 Å². The lowest BCUT2D eigenvalue weighted by Gasteiger charge is -2.17. The number of aromatic nitrogens is 2. The maximum atomic E-state index is 6.38. The molecule has 1 unspecified atom stereocenters. The molecule has 2 rings (SSSR count). The van der Waals surface area contributed by atoms with Crippen LogP contribution in [-0.2, 0) is 13.0 Å². The standard InChI is InChI=1S/C15H17BrCl2N2/c1-3-20-14(15(18)10(2)19-20)8-11(9-17)12-6-4-5-7-13(12)16/h4-7,11H,3,8-9H2,1-2H3. The Labute approximate surface area is 138 Å². The van der Waals surface area contributed by atoms with E-state index in [0.717, 1.165) is 33.8 Å². The lowest BCUT2D eigenvalue weighted by molar-refractivity contribution is 0.595. The molecule has 0 aliphatic heterocycles. The SMILES string of the molecule is CCn1nc(C)c(Cl)c1CC(CCl)c1ccccc1Br. The van der Waals surface area contributed by atoms with E-state index in [1.165, 1.54) is 5.56 Å². The first kappa shape index (κ1) is 15.9. The minimum atomic E-state index is 0.214. The molecular formula is C15H17BrCl2N2. The maximum Gasteiger partial charge on any atom is 0.0847 e. The number of benzene rings is 1. The van der Waals surface area contributed by atoms with E-state index in [2.05, 4.69) is 34.0 Å². The van der Waals surface area contributed by atoms with Crippen LogP contribution in [0.3, 0.4) is 0 Å². The summed E-state index contributed by atoms with van der Waals surface area (Å²) < 4.78 is 3.05. The van der Waals surface area contributed by atoms with E-state index in [9.17, 15) is 0 Å². The van der Waals surface area contributed by atoms with Gasteiger partial charge in [0.05, 0.1) is 16.4 Å². The molecule has 5 heteroatoms. The Morgan fingerprint density at radius 2 is 2.05 bits per heavy atom. The van der Waals surface area contributed by atoms with Crippen molar-refractivity contribution in [2.24, 2.45) is 0 Å². The summed E-state index contributed by atoms with van der Waals surface area (Å²) in [5.41, 5.74) is 3.15. The van der Waals surface area contributed by atoms with E-state index in [0.29, 0.717) is 5.88 Å². The highest BCUT2D eigenvalue weighted by molar-refractivity contribution is 9.10. The van der Waals surface area contributed by atoms with E-state index in [4.69, 9.17) is 23.2 Å². The molecule has 0 N–H and O–H groups in total. The van der Waals surface area contributed by atoms with Gasteiger partial charge in [-0.3, -0.25) is 4.68 Å². The van der Waals surface area contributed by atoms with Crippen LogP contribution >= 0.6 is 39.1 Å². The van der Waals surface area contributed by atoms with E-state index in [-0.39, 0.29) is 5.92 Å². The first-order valence-corrected chi connectivity index (χ1v) is 8.31. The molecule has 2 nitrogen and oxygen atoms in total. The van der Waals surface area contributed by atoms with Crippen LogP contribution in [0.5, 0.6) is 0 Å². The van der Waals surface area contributed by atoms with Gasteiger partial charge in [0.15, 0.2) is 0 Å². The number of nitrogens with zero attached hydrogens (tertiary/aromatic N) is 2. The van der Waals surface area contributed by atoms with Gasteiger partial charge in [0.1, 0.15) is 0 Å². The Hall–Kier alpha value is -0.510. The van der Waals surface area contributed by atoms with Crippen LogP contribution in [0.1, 0.15) is 29.8 Å². The van der Waals surface area contributed by atoms with Crippen LogP contribution in [0, 0.1) is 6.92 Å². The van der Waals surface area contributed by atoms with Crippen molar-refractivity contribution in [1.29, 1.82) is 0 Å². The zero-order chi connectivity index (χ0) is 14.7. The van der Waals surface area contributed by atoms with Gasteiger partial charge in [0.25, 0.3) is 0 Å². The quantitative estimate of drug-likeness (QED) is 0.657. The fourth-order valence-corrected chi connectivity index (χ4v) is 3.45. The van der Waals surface area contributed by atoms with Gasteiger partial charge in [-0.15, -0.1) is 11.6 Å². The van der Waals surface area contributed by atoms with E-state index < -0.39 is 0 Å². The minimum absolute atomic E-state index is 0.214. The topological polar surface area (TPSA) is 17.8 Å². The van der Waals surface area contributed by atoms with Gasteiger partial charge < -0.3 is 0 Å². The fraction of sp³-hybridized carbons (Fsp3) is 0.400. The Balaban J connectivity index is 2.34. The zero-order valence-electron chi connectivity index (χ0n) is 11.5. The van der Waals surface area contributed by atoms with Crippen molar-refractivity contribution < 1.29 is 0 Å². The first-order valence-electron chi connectivity index (χ1n) is 6.60. The Bertz CT molecular complexity index is 596. The summed E-state index contributed by atoms with van der Waals surface area (Å²) in [7, 11) is 0. The van der Waals surface area contributed by atoms with Gasteiger partial charge in [0, 0.05) is 22.8 Å². The van der Waals surface area contributed by atoms with Crippen molar-refractivity contribution >= 4 is 39.1 Å². The molecule has 1 aromatic carbocycles. The highest BCUT2D eigenvalue weighted by Crippen LogP contribution is 2.31. The second kappa shape index (κ2) is 6.97. The van der Waals surface area contributed by atoms with Crippen LogP contribution in [0.25, 0.3) is 0 Å². The zero-order valence-corrected chi connectivity index (χ0v) is 14.6. The summed E-state index contributed by atoms with van der Waals surface area (Å²) >= 11 is 16.2. The van der Waals surface area contributed by atoms with E-state index in [1.807, 2.05) is 29.8 Å². The second-order valence-corrected chi connectivity index (χ2v) is 6.28. The second-order valence-electron chi connectivity index (χ2n) is 4.74. The van der Waals surface area contributed by atoms with Crippen LogP contribution in [0.4, 0.5) is 0 Å². The van der Waals surface area contributed by atoms with Gasteiger partial charge in [-0.25, -0.2) is 0 Å². The van der Waals surface area contributed by atoms with Crippen molar-refractivity contribution in [3.05, 3.63) is 50.7 Å². The van der Waals surface area contributed by atoms with Crippen LogP contribution in [0.2, 0.25) is 5.02 Å². The molecule has 1 aromatic heterocycles. The summed E-state index contributed by atoms with van der Waals surface area (Å²) in [4.78, 5) is 0. The van der Waals surface area contributed by atoms with Crippen LogP contribution in [0.15, 0.2) is 28.7 Å². The third-order valence-corrected chi connectivity index (χ3v) is 5.01. The third kappa shape index (κ3) is 3.21. The summed E-state index contributed by atoms with van der Waals surface area (Å²) in [6.45, 7) is 4.82. The number of hydrogen-bond acceptors (Lipinski definition) is 1. The van der Waals surface area contributed by atoms with Gasteiger partial charge in [-0.05, 0) is 31.9 Å². The van der Waals surface area contributed by atoms with Crippen molar-refractivity contribution in [1.82, 2.24) is 9.78 Å². The highest BCUT2D eigenvalue weighted by Gasteiger charge is 2.20. The molecule has 108 valence electrons. The lowest BCUT2D eigenvalue weighted by atomic mass is 9.96. The Kier molecular flexibility index (Phi) is 5.53. The molecule has 0 saturated heterocycles. The molecule has 0 aliphatic rings. The largest absolute Gasteiger partial charge is 0.268 e. The Morgan fingerprint density at radius 3 is 2.65 bits per heavy atom. The average molecular weight is 376 g/mol. The predicted octanol–water partition coefficient (Wildman–Crippen LogP) is 5.19. The molecular weight excluding hydrogens is 359 g/mol. The van der Waals surface area contributed by atoms with Crippen LogP contribution in [-0.4, -0.2) is 15.7 Å². The summed E-state index contributed by atoms with van der Waals surface area (Å²) in [6.07, 6.45) is 0.791. The minimum Gasteiger partial charge on any atom is -0.268 e. The van der Waals surface area contributed by atoms with Gasteiger partial charge >= 0.3 is 0 Å². The monoisotopic (exact) mass is 374 g/mol. The van der Waals surface area contributed by atoms with Gasteiger partial charge in [-0.2, -0.15) is 5.10 Å². The summed E-state index contributed by atoms with van der Waals surface area (Å²) in [5, 5.41) is 5.22. The van der Waals surface area contributed by atoms with Crippen molar-refractivity contribution in [3.63, 3.8) is 0 Å². The lowest BCUT2D eigenvalue weighted by Crippen LogP contribution is -2.11. The van der Waals surface area contributed by atoms with Gasteiger partial charge in [0.2, 0.25) is 0 Å². The van der Waals surface area contributed by atoms with Crippen molar-refractivity contribution in [2.45, 2.75) is 32.7 Å². The number of hydrogen-bond donors (Lipinski definition) is 0. The van der Waals surface area contributed by atoms with Crippen molar-refractivity contribution in [3.8, 4) is 0 Å². The van der Waals surface area contributed by atoms with Crippen molar-refractivity contribution in [2.75, 3.05) is 5.88 Å². The molecule has 1 heterocycles. The molecule has 1 atom stereocenters.